The molecule has 4 rings (SSSR count). The monoisotopic (exact) mass is 423 g/mol. The molecule has 4 aromatic rings. The second kappa shape index (κ2) is 8.83. The number of imidazole rings is 1. The quantitative estimate of drug-likeness (QED) is 0.378. The van der Waals surface area contributed by atoms with Gasteiger partial charge in [0.25, 0.3) is 5.91 Å². The Kier molecular flexibility index (Phi) is 5.97. The van der Waals surface area contributed by atoms with Crippen LogP contribution in [0.15, 0.2) is 36.4 Å². The van der Waals surface area contributed by atoms with Gasteiger partial charge >= 0.3 is 0 Å². The molecule has 0 aliphatic carbocycles. The number of H-pyrrole nitrogens is 1. The lowest BCUT2D eigenvalue weighted by Gasteiger charge is -2.13. The van der Waals surface area contributed by atoms with Gasteiger partial charge in [-0.2, -0.15) is 5.10 Å². The minimum atomic E-state index is -0.312. The summed E-state index contributed by atoms with van der Waals surface area (Å²) in [5.41, 5.74) is 8.87. The summed E-state index contributed by atoms with van der Waals surface area (Å²) in [5, 5.41) is 11.2. The number of rotatable bonds is 8. The fourth-order valence-corrected chi connectivity index (χ4v) is 3.53. The van der Waals surface area contributed by atoms with Crippen molar-refractivity contribution in [2.45, 2.75) is 13.0 Å². The first-order valence-electron chi connectivity index (χ1n) is 10.2. The number of benzene rings is 2. The Balaban J connectivity index is 1.79. The number of aromatic amines is 1. The second-order valence-electron chi connectivity index (χ2n) is 7.75. The van der Waals surface area contributed by atoms with Crippen molar-refractivity contribution in [2.24, 2.45) is 5.73 Å². The average Bonchev–Trinajstić information content (AvgIpc) is 3.32. The van der Waals surface area contributed by atoms with Crippen molar-refractivity contribution in [3.05, 3.63) is 47.8 Å². The van der Waals surface area contributed by atoms with E-state index in [1.54, 1.807) is 12.1 Å². The van der Waals surface area contributed by atoms with Crippen LogP contribution in [0.2, 0.25) is 0 Å². The molecular formula is C22H26FN7O. The van der Waals surface area contributed by atoms with Gasteiger partial charge < -0.3 is 20.5 Å². The van der Waals surface area contributed by atoms with Crippen LogP contribution in [-0.4, -0.2) is 64.3 Å². The largest absolute Gasteiger partial charge is 0.352 e. The molecule has 8 nitrogen and oxygen atoms in total. The number of nitrogens with one attached hydrogen (secondary N) is 2. The normalized spacial score (nSPS) is 11.6. The highest BCUT2D eigenvalue weighted by Crippen LogP contribution is 2.30. The van der Waals surface area contributed by atoms with Crippen LogP contribution in [-0.2, 0) is 6.54 Å². The van der Waals surface area contributed by atoms with Gasteiger partial charge in [0.2, 0.25) is 0 Å². The lowest BCUT2D eigenvalue weighted by Crippen LogP contribution is -2.25. The summed E-state index contributed by atoms with van der Waals surface area (Å²) >= 11 is 0. The number of hydrogen-bond acceptors (Lipinski definition) is 5. The van der Waals surface area contributed by atoms with E-state index in [2.05, 4.69) is 20.4 Å². The number of nitrogens with zero attached hydrogens (tertiary/aromatic N) is 4. The van der Waals surface area contributed by atoms with Gasteiger partial charge in [-0.3, -0.25) is 9.89 Å². The highest BCUT2D eigenvalue weighted by molar-refractivity contribution is 6.01. The standard InChI is InChI=1S/C22H26FN7O/c1-29(2)10-11-30-19-13-15(23)5-7-18(19)26-21(30)20-16-12-14(4-6-17(16)27-28-20)22(31)25-9-3-8-24/h4-7,12-13H,3,8-11,24H2,1-2H3,(H,25,31)(H,27,28). The highest BCUT2D eigenvalue weighted by Gasteiger charge is 2.19. The maximum Gasteiger partial charge on any atom is 0.251 e. The lowest BCUT2D eigenvalue weighted by atomic mass is 10.1. The Hall–Kier alpha value is -3.30. The maximum absolute atomic E-state index is 14.0. The molecule has 0 aliphatic rings. The van der Waals surface area contributed by atoms with Gasteiger partial charge in [0, 0.05) is 30.6 Å². The van der Waals surface area contributed by atoms with Crippen molar-refractivity contribution in [2.75, 3.05) is 33.7 Å². The summed E-state index contributed by atoms with van der Waals surface area (Å²) < 4.78 is 15.9. The third-order valence-corrected chi connectivity index (χ3v) is 5.18. The van der Waals surface area contributed by atoms with E-state index in [1.165, 1.54) is 12.1 Å². The molecule has 0 unspecified atom stereocenters. The summed E-state index contributed by atoms with van der Waals surface area (Å²) in [6.45, 7) is 2.43. The first-order chi connectivity index (χ1) is 15.0. The smallest absolute Gasteiger partial charge is 0.251 e. The van der Waals surface area contributed by atoms with Crippen LogP contribution in [0, 0.1) is 5.82 Å². The number of carbonyl (C=O) groups is 1. The van der Waals surface area contributed by atoms with Gasteiger partial charge in [-0.1, -0.05) is 0 Å². The molecule has 1 amide bonds. The molecular weight excluding hydrogens is 397 g/mol. The molecule has 2 aromatic carbocycles. The van der Waals surface area contributed by atoms with Gasteiger partial charge in [-0.25, -0.2) is 9.37 Å². The van der Waals surface area contributed by atoms with E-state index in [9.17, 15) is 9.18 Å². The summed E-state index contributed by atoms with van der Waals surface area (Å²) in [4.78, 5) is 19.3. The zero-order valence-corrected chi connectivity index (χ0v) is 17.7. The first-order valence-corrected chi connectivity index (χ1v) is 10.2. The van der Waals surface area contributed by atoms with Gasteiger partial charge in [0.1, 0.15) is 11.5 Å². The number of nitrogens with two attached hydrogens (primary N) is 1. The third kappa shape index (κ3) is 4.28. The molecule has 0 radical (unpaired) electrons. The number of carbonyl (C=O) groups excluding carboxylic acids is 1. The molecule has 0 atom stereocenters. The van der Waals surface area contributed by atoms with E-state index >= 15 is 0 Å². The molecule has 4 N–H and O–H groups in total. The Morgan fingerprint density at radius 2 is 2.10 bits per heavy atom. The minimum Gasteiger partial charge on any atom is -0.352 e. The van der Waals surface area contributed by atoms with E-state index in [-0.39, 0.29) is 11.7 Å². The van der Waals surface area contributed by atoms with Crippen molar-refractivity contribution < 1.29 is 9.18 Å². The molecule has 0 spiro atoms. The summed E-state index contributed by atoms with van der Waals surface area (Å²) in [7, 11) is 3.97. The number of fused-ring (bicyclic) bond motifs is 2. The van der Waals surface area contributed by atoms with E-state index in [4.69, 9.17) is 10.7 Å². The van der Waals surface area contributed by atoms with Crippen molar-refractivity contribution >= 4 is 27.8 Å². The number of hydrogen-bond donors (Lipinski definition) is 3. The molecule has 31 heavy (non-hydrogen) atoms. The van der Waals surface area contributed by atoms with E-state index in [0.717, 1.165) is 23.9 Å². The van der Waals surface area contributed by atoms with Crippen LogP contribution in [0.25, 0.3) is 33.5 Å². The van der Waals surface area contributed by atoms with Crippen LogP contribution in [0.1, 0.15) is 16.8 Å². The molecule has 0 fully saturated rings. The van der Waals surface area contributed by atoms with E-state index in [1.807, 2.05) is 30.8 Å². The fraction of sp³-hybridized carbons (Fsp3) is 0.318. The molecule has 9 heteroatoms. The van der Waals surface area contributed by atoms with Gasteiger partial charge in [-0.15, -0.1) is 0 Å². The number of likely N-dealkylation sites (N-methyl/N-ethyl adjacent to an activating group) is 1. The Bertz CT molecular complexity index is 1230. The number of halogens is 1. The van der Waals surface area contributed by atoms with E-state index < -0.39 is 0 Å². The van der Waals surface area contributed by atoms with Crippen LogP contribution in [0.4, 0.5) is 4.39 Å². The zero-order valence-electron chi connectivity index (χ0n) is 17.7. The van der Waals surface area contributed by atoms with Gasteiger partial charge in [0.05, 0.1) is 16.6 Å². The molecule has 162 valence electrons. The Morgan fingerprint density at radius 1 is 1.26 bits per heavy atom. The SMILES string of the molecule is CN(C)CCn1c(-c2n[nH]c3ccc(C(=O)NCCCN)cc23)nc2ccc(F)cc21. The van der Waals surface area contributed by atoms with Crippen molar-refractivity contribution in [1.29, 1.82) is 0 Å². The predicted molar refractivity (Wildman–Crippen MR) is 119 cm³/mol. The first kappa shape index (κ1) is 21.0. The van der Waals surface area contributed by atoms with Crippen molar-refractivity contribution in [1.82, 2.24) is 30.0 Å². The molecule has 0 saturated carbocycles. The van der Waals surface area contributed by atoms with Crippen LogP contribution in [0.5, 0.6) is 0 Å². The molecule has 0 aliphatic heterocycles. The third-order valence-electron chi connectivity index (χ3n) is 5.18. The number of amides is 1. The van der Waals surface area contributed by atoms with Crippen molar-refractivity contribution in [3.8, 4) is 11.5 Å². The maximum atomic E-state index is 14.0. The van der Waals surface area contributed by atoms with E-state index in [0.29, 0.717) is 47.7 Å². The summed E-state index contributed by atoms with van der Waals surface area (Å²) in [6.07, 6.45) is 0.720. The lowest BCUT2D eigenvalue weighted by molar-refractivity contribution is 0.0953. The second-order valence-corrected chi connectivity index (χ2v) is 7.75. The summed E-state index contributed by atoms with van der Waals surface area (Å²) in [5.74, 6) is 0.161. The van der Waals surface area contributed by atoms with Crippen molar-refractivity contribution in [3.63, 3.8) is 0 Å². The predicted octanol–water partition coefficient (Wildman–Crippen LogP) is 2.36. The number of aromatic nitrogens is 4. The Labute approximate surface area is 179 Å². The fourth-order valence-electron chi connectivity index (χ4n) is 3.53. The van der Waals surface area contributed by atoms with Crippen LogP contribution in [0.3, 0.4) is 0 Å². The zero-order chi connectivity index (χ0) is 22.0. The molecule has 0 bridgehead atoms. The van der Waals surface area contributed by atoms with Gasteiger partial charge in [-0.05, 0) is 63.5 Å². The molecule has 2 heterocycles. The molecule has 2 aromatic heterocycles. The van der Waals surface area contributed by atoms with Crippen LogP contribution < -0.4 is 11.1 Å². The van der Waals surface area contributed by atoms with Crippen LogP contribution >= 0.6 is 0 Å². The summed E-state index contributed by atoms with van der Waals surface area (Å²) in [6, 6.07) is 9.96. The minimum absolute atomic E-state index is 0.161. The van der Waals surface area contributed by atoms with Gasteiger partial charge in [0.15, 0.2) is 5.82 Å². The average molecular weight is 423 g/mol. The highest BCUT2D eigenvalue weighted by atomic mass is 19.1. The molecule has 0 saturated heterocycles. The topological polar surface area (TPSA) is 105 Å². The Morgan fingerprint density at radius 3 is 2.87 bits per heavy atom.